The molecule has 1 heterocycles. The lowest BCUT2D eigenvalue weighted by Gasteiger charge is -2.09. The Hall–Kier alpha value is -2.08. The van der Waals surface area contributed by atoms with Crippen LogP contribution in [-0.4, -0.2) is 13.4 Å². The van der Waals surface area contributed by atoms with Crippen molar-refractivity contribution in [1.82, 2.24) is 4.98 Å². The molecule has 2 rings (SSSR count). The zero-order chi connectivity index (χ0) is 13.9. The van der Waals surface area contributed by atoms with Crippen LogP contribution in [0.4, 0.5) is 11.5 Å². The number of pyridine rings is 1. The van der Waals surface area contributed by atoms with Crippen LogP contribution in [0.5, 0.6) is 0 Å². The van der Waals surface area contributed by atoms with Crippen molar-refractivity contribution >= 4 is 21.5 Å². The van der Waals surface area contributed by atoms with E-state index in [0.717, 1.165) is 12.0 Å². The van der Waals surface area contributed by atoms with Crippen LogP contribution in [0.3, 0.4) is 0 Å². The van der Waals surface area contributed by atoms with E-state index in [1.807, 2.05) is 25.1 Å². The summed E-state index contributed by atoms with van der Waals surface area (Å²) in [6.07, 6.45) is 2.08. The van der Waals surface area contributed by atoms with E-state index in [0.29, 0.717) is 5.69 Å². The van der Waals surface area contributed by atoms with E-state index in [1.165, 1.54) is 18.3 Å². The van der Waals surface area contributed by atoms with Crippen molar-refractivity contribution in [3.63, 3.8) is 0 Å². The first-order valence-electron chi connectivity index (χ1n) is 5.84. The fourth-order valence-corrected chi connectivity index (χ4v) is 2.61. The summed E-state index contributed by atoms with van der Waals surface area (Å²) in [6.45, 7) is 2.01. The molecule has 1 aromatic heterocycles. The molecule has 0 aliphatic heterocycles. The molecule has 0 spiro atoms. The highest BCUT2D eigenvalue weighted by atomic mass is 32.2. The molecule has 0 atom stereocenters. The van der Waals surface area contributed by atoms with Gasteiger partial charge in [0.1, 0.15) is 10.7 Å². The number of nitrogens with two attached hydrogens (primary N) is 1. The molecule has 1 aromatic carbocycles. The average Bonchev–Trinajstić information content (AvgIpc) is 2.39. The second-order valence-electron chi connectivity index (χ2n) is 4.08. The maximum Gasteiger partial charge on any atom is 0.263 e. The Morgan fingerprint density at radius 2 is 2.05 bits per heavy atom. The molecular weight excluding hydrogens is 262 g/mol. The van der Waals surface area contributed by atoms with Crippen molar-refractivity contribution in [2.45, 2.75) is 18.2 Å². The molecule has 3 N–H and O–H groups in total. The second-order valence-corrected chi connectivity index (χ2v) is 5.76. The van der Waals surface area contributed by atoms with Crippen LogP contribution in [0.15, 0.2) is 47.5 Å². The minimum atomic E-state index is -3.62. The number of sulfonamides is 1. The molecule has 19 heavy (non-hydrogen) atoms. The van der Waals surface area contributed by atoms with Crippen molar-refractivity contribution < 1.29 is 8.42 Å². The Labute approximate surface area is 112 Å². The monoisotopic (exact) mass is 277 g/mol. The zero-order valence-corrected chi connectivity index (χ0v) is 11.3. The second kappa shape index (κ2) is 5.27. The minimum Gasteiger partial charge on any atom is -0.384 e. The Morgan fingerprint density at radius 1 is 1.26 bits per heavy atom. The highest BCUT2D eigenvalue weighted by Crippen LogP contribution is 2.17. The number of anilines is 2. The third kappa shape index (κ3) is 3.23. The molecule has 0 radical (unpaired) electrons. The standard InChI is InChI=1S/C13H15N3O2S/c1-2-10-4-3-5-11(8-10)16-19(17,18)12-6-7-13(14)15-9-12/h3-9,16H,2H2,1H3,(H2,14,15). The van der Waals surface area contributed by atoms with E-state index < -0.39 is 10.0 Å². The summed E-state index contributed by atoms with van der Waals surface area (Å²) >= 11 is 0. The molecule has 0 saturated heterocycles. The van der Waals surface area contributed by atoms with Crippen LogP contribution in [-0.2, 0) is 16.4 Å². The molecular formula is C13H15N3O2S. The Bertz CT molecular complexity index is 667. The summed E-state index contributed by atoms with van der Waals surface area (Å²) in [5.74, 6) is 0.284. The van der Waals surface area contributed by atoms with Crippen molar-refractivity contribution in [3.8, 4) is 0 Å². The fraction of sp³-hybridized carbons (Fsp3) is 0.154. The normalized spacial score (nSPS) is 11.2. The van der Waals surface area contributed by atoms with E-state index in [1.54, 1.807) is 6.07 Å². The quantitative estimate of drug-likeness (QED) is 0.895. The van der Waals surface area contributed by atoms with Gasteiger partial charge in [0.2, 0.25) is 0 Å². The van der Waals surface area contributed by atoms with Crippen LogP contribution < -0.4 is 10.5 Å². The van der Waals surface area contributed by atoms with Gasteiger partial charge in [-0.05, 0) is 36.2 Å². The summed E-state index contributed by atoms with van der Waals surface area (Å²) < 4.78 is 26.8. The molecule has 0 aliphatic carbocycles. The number of nitrogens with one attached hydrogen (secondary N) is 1. The van der Waals surface area contributed by atoms with Gasteiger partial charge in [-0.3, -0.25) is 4.72 Å². The predicted octanol–water partition coefficient (Wildman–Crippen LogP) is 2.03. The van der Waals surface area contributed by atoms with Crippen molar-refractivity contribution in [1.29, 1.82) is 0 Å². The molecule has 2 aromatic rings. The van der Waals surface area contributed by atoms with Crippen LogP contribution in [0, 0.1) is 0 Å². The average molecular weight is 277 g/mol. The van der Waals surface area contributed by atoms with E-state index in [-0.39, 0.29) is 10.7 Å². The first-order valence-corrected chi connectivity index (χ1v) is 7.33. The highest BCUT2D eigenvalue weighted by molar-refractivity contribution is 7.92. The van der Waals surface area contributed by atoms with Gasteiger partial charge in [-0.1, -0.05) is 19.1 Å². The van der Waals surface area contributed by atoms with Gasteiger partial charge in [0.25, 0.3) is 10.0 Å². The van der Waals surface area contributed by atoms with Crippen LogP contribution in [0.25, 0.3) is 0 Å². The Kier molecular flexibility index (Phi) is 3.71. The summed E-state index contributed by atoms with van der Waals surface area (Å²) in [4.78, 5) is 3.87. The third-order valence-corrected chi connectivity index (χ3v) is 4.02. The van der Waals surface area contributed by atoms with E-state index in [2.05, 4.69) is 9.71 Å². The maximum absolute atomic E-state index is 12.1. The predicted molar refractivity (Wildman–Crippen MR) is 75.3 cm³/mol. The van der Waals surface area contributed by atoms with Gasteiger partial charge in [-0.2, -0.15) is 0 Å². The molecule has 0 unspecified atom stereocenters. The highest BCUT2D eigenvalue weighted by Gasteiger charge is 2.14. The summed E-state index contributed by atoms with van der Waals surface area (Å²) in [5, 5.41) is 0. The van der Waals surface area contributed by atoms with Crippen LogP contribution >= 0.6 is 0 Å². The summed E-state index contributed by atoms with van der Waals surface area (Å²) in [7, 11) is -3.62. The van der Waals surface area contributed by atoms with Gasteiger partial charge in [-0.15, -0.1) is 0 Å². The van der Waals surface area contributed by atoms with E-state index >= 15 is 0 Å². The molecule has 100 valence electrons. The number of rotatable bonds is 4. The van der Waals surface area contributed by atoms with E-state index in [4.69, 9.17) is 5.73 Å². The number of aryl methyl sites for hydroxylation is 1. The van der Waals surface area contributed by atoms with Gasteiger partial charge in [0.15, 0.2) is 0 Å². The third-order valence-electron chi connectivity index (χ3n) is 2.66. The van der Waals surface area contributed by atoms with Gasteiger partial charge in [0, 0.05) is 11.9 Å². The Morgan fingerprint density at radius 3 is 2.68 bits per heavy atom. The Balaban J connectivity index is 2.28. The van der Waals surface area contributed by atoms with Crippen molar-refractivity contribution in [2.24, 2.45) is 0 Å². The molecule has 0 aliphatic rings. The van der Waals surface area contributed by atoms with Crippen LogP contribution in [0.1, 0.15) is 12.5 Å². The summed E-state index contributed by atoms with van der Waals surface area (Å²) in [5.41, 5.74) is 7.04. The minimum absolute atomic E-state index is 0.0867. The topological polar surface area (TPSA) is 85.1 Å². The number of aromatic nitrogens is 1. The fourth-order valence-electron chi connectivity index (χ4n) is 1.62. The van der Waals surface area contributed by atoms with Crippen LogP contribution in [0.2, 0.25) is 0 Å². The first kappa shape index (κ1) is 13.4. The van der Waals surface area contributed by atoms with Gasteiger partial charge < -0.3 is 5.73 Å². The van der Waals surface area contributed by atoms with Gasteiger partial charge in [-0.25, -0.2) is 13.4 Å². The smallest absolute Gasteiger partial charge is 0.263 e. The maximum atomic E-state index is 12.1. The molecule has 0 saturated carbocycles. The molecule has 6 heteroatoms. The molecule has 0 fully saturated rings. The lowest BCUT2D eigenvalue weighted by atomic mass is 10.1. The zero-order valence-electron chi connectivity index (χ0n) is 10.5. The first-order chi connectivity index (χ1) is 9.01. The lowest BCUT2D eigenvalue weighted by Crippen LogP contribution is -2.13. The molecule has 0 amide bonds. The number of hydrogen-bond acceptors (Lipinski definition) is 4. The molecule has 5 nitrogen and oxygen atoms in total. The van der Waals surface area contributed by atoms with Gasteiger partial charge in [0.05, 0.1) is 0 Å². The SMILES string of the molecule is CCc1cccc(NS(=O)(=O)c2ccc(N)nc2)c1. The van der Waals surface area contributed by atoms with Gasteiger partial charge >= 0.3 is 0 Å². The largest absolute Gasteiger partial charge is 0.384 e. The number of nitrogen functional groups attached to an aromatic ring is 1. The molecule has 0 bridgehead atoms. The number of hydrogen-bond donors (Lipinski definition) is 2. The number of benzene rings is 1. The van der Waals surface area contributed by atoms with Crippen molar-refractivity contribution in [3.05, 3.63) is 48.2 Å². The lowest BCUT2D eigenvalue weighted by molar-refractivity contribution is 0.601. The number of nitrogens with zero attached hydrogens (tertiary/aromatic N) is 1. The summed E-state index contributed by atoms with van der Waals surface area (Å²) in [6, 6.07) is 10.2. The van der Waals surface area contributed by atoms with Crippen molar-refractivity contribution in [2.75, 3.05) is 10.5 Å². The van der Waals surface area contributed by atoms with E-state index in [9.17, 15) is 8.42 Å².